The standard InChI is InChI=1S/C15H10F3NO2/c16-15(17,18)11-4-1-3-10(9-11)7-8-12-5-2-6-13(19-12)14(20)21/h1-9H,(H,20,21). The van der Waals surface area contributed by atoms with Crippen LogP contribution in [0.25, 0.3) is 12.2 Å². The van der Waals surface area contributed by atoms with E-state index in [4.69, 9.17) is 5.11 Å². The van der Waals surface area contributed by atoms with Crippen molar-refractivity contribution in [1.82, 2.24) is 4.98 Å². The van der Waals surface area contributed by atoms with Crippen LogP contribution < -0.4 is 0 Å². The van der Waals surface area contributed by atoms with Crippen LogP contribution in [0.5, 0.6) is 0 Å². The van der Waals surface area contributed by atoms with Gasteiger partial charge in [0.1, 0.15) is 5.69 Å². The first-order chi connectivity index (χ1) is 9.86. The number of carboxylic acid groups (broad SMARTS) is 1. The number of benzene rings is 1. The Morgan fingerprint density at radius 3 is 2.48 bits per heavy atom. The Hall–Kier alpha value is -2.63. The highest BCUT2D eigenvalue weighted by Gasteiger charge is 2.30. The number of nitrogens with zero attached hydrogens (tertiary/aromatic N) is 1. The first kappa shape index (κ1) is 14.8. The van der Waals surface area contributed by atoms with Crippen molar-refractivity contribution in [1.29, 1.82) is 0 Å². The number of hydrogen-bond acceptors (Lipinski definition) is 2. The van der Waals surface area contributed by atoms with E-state index in [-0.39, 0.29) is 5.69 Å². The molecular weight excluding hydrogens is 283 g/mol. The number of carbonyl (C=O) groups is 1. The normalized spacial score (nSPS) is 11.8. The van der Waals surface area contributed by atoms with E-state index in [1.54, 1.807) is 6.07 Å². The van der Waals surface area contributed by atoms with Gasteiger partial charge < -0.3 is 5.11 Å². The topological polar surface area (TPSA) is 50.2 Å². The second kappa shape index (κ2) is 5.78. The Labute approximate surface area is 118 Å². The molecule has 1 aromatic carbocycles. The van der Waals surface area contributed by atoms with E-state index in [1.807, 2.05) is 0 Å². The van der Waals surface area contributed by atoms with Gasteiger partial charge in [0.25, 0.3) is 0 Å². The van der Waals surface area contributed by atoms with Crippen LogP contribution in [0.3, 0.4) is 0 Å². The molecule has 0 aliphatic rings. The third-order valence-corrected chi connectivity index (χ3v) is 2.65. The van der Waals surface area contributed by atoms with Gasteiger partial charge in [0.05, 0.1) is 11.3 Å². The summed E-state index contributed by atoms with van der Waals surface area (Å²) in [6, 6.07) is 9.25. The third kappa shape index (κ3) is 3.92. The summed E-state index contributed by atoms with van der Waals surface area (Å²) in [5, 5.41) is 8.81. The van der Waals surface area contributed by atoms with Crippen LogP contribution in [-0.4, -0.2) is 16.1 Å². The zero-order valence-corrected chi connectivity index (χ0v) is 10.6. The minimum Gasteiger partial charge on any atom is -0.477 e. The number of alkyl halides is 3. The number of pyridine rings is 1. The van der Waals surface area contributed by atoms with Crippen molar-refractivity contribution >= 4 is 18.1 Å². The molecule has 0 unspecified atom stereocenters. The molecule has 0 radical (unpaired) electrons. The molecule has 0 saturated carbocycles. The van der Waals surface area contributed by atoms with Crippen molar-refractivity contribution in [2.45, 2.75) is 6.18 Å². The molecule has 3 nitrogen and oxygen atoms in total. The molecule has 0 aliphatic carbocycles. The van der Waals surface area contributed by atoms with Crippen LogP contribution in [0, 0.1) is 0 Å². The molecule has 0 aliphatic heterocycles. The average molecular weight is 293 g/mol. The van der Waals surface area contributed by atoms with Gasteiger partial charge in [-0.25, -0.2) is 9.78 Å². The lowest BCUT2D eigenvalue weighted by Gasteiger charge is -2.06. The van der Waals surface area contributed by atoms with Gasteiger partial charge in [-0.05, 0) is 35.9 Å². The molecule has 21 heavy (non-hydrogen) atoms. The van der Waals surface area contributed by atoms with Crippen molar-refractivity contribution in [3.05, 3.63) is 65.0 Å². The molecule has 0 fully saturated rings. The number of rotatable bonds is 3. The summed E-state index contributed by atoms with van der Waals surface area (Å²) >= 11 is 0. The zero-order chi connectivity index (χ0) is 15.5. The van der Waals surface area contributed by atoms with Crippen molar-refractivity contribution in [3.63, 3.8) is 0 Å². The average Bonchev–Trinajstić information content (AvgIpc) is 2.45. The molecule has 0 bridgehead atoms. The van der Waals surface area contributed by atoms with Crippen molar-refractivity contribution in [3.8, 4) is 0 Å². The molecule has 1 N–H and O–H groups in total. The van der Waals surface area contributed by atoms with Crippen LogP contribution in [0.1, 0.15) is 27.3 Å². The van der Waals surface area contributed by atoms with Gasteiger partial charge in [-0.1, -0.05) is 24.3 Å². The highest BCUT2D eigenvalue weighted by atomic mass is 19.4. The Balaban J connectivity index is 2.25. The second-order valence-electron chi connectivity index (χ2n) is 4.21. The van der Waals surface area contributed by atoms with Gasteiger partial charge in [-0.3, -0.25) is 0 Å². The van der Waals surface area contributed by atoms with Crippen molar-refractivity contribution in [2.75, 3.05) is 0 Å². The second-order valence-corrected chi connectivity index (χ2v) is 4.21. The number of carboxylic acids is 1. The van der Waals surface area contributed by atoms with E-state index in [2.05, 4.69) is 4.98 Å². The fourth-order valence-electron chi connectivity index (χ4n) is 1.66. The summed E-state index contributed by atoms with van der Waals surface area (Å²) in [6.45, 7) is 0. The zero-order valence-electron chi connectivity index (χ0n) is 10.6. The fraction of sp³-hybridized carbons (Fsp3) is 0.0667. The molecule has 0 saturated heterocycles. The minimum atomic E-state index is -4.40. The lowest BCUT2D eigenvalue weighted by Crippen LogP contribution is -2.04. The summed E-state index contributed by atoms with van der Waals surface area (Å²) < 4.78 is 37.7. The Morgan fingerprint density at radius 2 is 1.81 bits per heavy atom. The summed E-state index contributed by atoms with van der Waals surface area (Å²) in [5.74, 6) is -1.16. The van der Waals surface area contributed by atoms with E-state index >= 15 is 0 Å². The van der Waals surface area contributed by atoms with E-state index in [9.17, 15) is 18.0 Å². The van der Waals surface area contributed by atoms with Crippen LogP contribution >= 0.6 is 0 Å². The van der Waals surface area contributed by atoms with Gasteiger partial charge in [0.2, 0.25) is 0 Å². The van der Waals surface area contributed by atoms with Crippen LogP contribution in [0.15, 0.2) is 42.5 Å². The maximum Gasteiger partial charge on any atom is 0.416 e. The Kier molecular flexibility index (Phi) is 4.07. The third-order valence-electron chi connectivity index (χ3n) is 2.65. The summed E-state index contributed by atoms with van der Waals surface area (Å²) in [4.78, 5) is 14.6. The van der Waals surface area contributed by atoms with E-state index in [0.717, 1.165) is 12.1 Å². The number of hydrogen-bond donors (Lipinski definition) is 1. The van der Waals surface area contributed by atoms with Gasteiger partial charge in [0.15, 0.2) is 0 Å². The van der Waals surface area contributed by atoms with Crippen LogP contribution in [0.2, 0.25) is 0 Å². The monoisotopic (exact) mass is 293 g/mol. The summed E-state index contributed by atoms with van der Waals surface area (Å²) in [6.07, 6.45) is -1.49. The minimum absolute atomic E-state index is 0.124. The van der Waals surface area contributed by atoms with Crippen LogP contribution in [-0.2, 0) is 6.18 Å². The Morgan fingerprint density at radius 1 is 1.10 bits per heavy atom. The molecule has 1 aromatic heterocycles. The van der Waals surface area contributed by atoms with Crippen molar-refractivity contribution in [2.24, 2.45) is 0 Å². The predicted octanol–water partition coefficient (Wildman–Crippen LogP) is 3.97. The highest BCUT2D eigenvalue weighted by molar-refractivity contribution is 5.85. The molecule has 0 spiro atoms. The quantitative estimate of drug-likeness (QED) is 0.931. The molecule has 2 rings (SSSR count). The molecule has 6 heteroatoms. The van der Waals surface area contributed by atoms with Crippen molar-refractivity contribution < 1.29 is 23.1 Å². The predicted molar refractivity (Wildman–Crippen MR) is 71.6 cm³/mol. The largest absolute Gasteiger partial charge is 0.477 e. The lowest BCUT2D eigenvalue weighted by molar-refractivity contribution is -0.137. The molecular formula is C15H10F3NO2. The molecule has 2 aromatic rings. The van der Waals surface area contributed by atoms with Gasteiger partial charge in [-0.15, -0.1) is 0 Å². The van der Waals surface area contributed by atoms with E-state index < -0.39 is 17.7 Å². The number of halogens is 3. The highest BCUT2D eigenvalue weighted by Crippen LogP contribution is 2.29. The first-order valence-corrected chi connectivity index (χ1v) is 5.92. The SMILES string of the molecule is O=C(O)c1cccc(C=Cc2cccc(C(F)(F)F)c2)n1. The smallest absolute Gasteiger partial charge is 0.416 e. The lowest BCUT2D eigenvalue weighted by atomic mass is 10.1. The van der Waals surface area contributed by atoms with Gasteiger partial charge in [0, 0.05) is 0 Å². The molecule has 1 heterocycles. The maximum atomic E-state index is 12.6. The molecule has 108 valence electrons. The van der Waals surface area contributed by atoms with Crippen LogP contribution in [0.4, 0.5) is 13.2 Å². The number of aromatic carboxylic acids is 1. The summed E-state index contributed by atoms with van der Waals surface area (Å²) in [7, 11) is 0. The number of aromatic nitrogens is 1. The van der Waals surface area contributed by atoms with E-state index in [1.165, 1.54) is 36.4 Å². The van der Waals surface area contributed by atoms with E-state index in [0.29, 0.717) is 11.3 Å². The fourth-order valence-corrected chi connectivity index (χ4v) is 1.66. The van der Waals surface area contributed by atoms with Gasteiger partial charge in [-0.2, -0.15) is 13.2 Å². The molecule has 0 amide bonds. The van der Waals surface area contributed by atoms with Gasteiger partial charge >= 0.3 is 12.1 Å². The maximum absolute atomic E-state index is 12.6. The first-order valence-electron chi connectivity index (χ1n) is 5.92. The molecule has 0 atom stereocenters. The summed E-state index contributed by atoms with van der Waals surface area (Å²) in [5.41, 5.74) is -0.155. The Bertz CT molecular complexity index is 693.